The molecule has 0 saturated carbocycles. The Hall–Kier alpha value is -0.650. The zero-order chi connectivity index (χ0) is 13.2. The van der Waals surface area contributed by atoms with E-state index >= 15 is 0 Å². The molecule has 1 amide bonds. The molecule has 106 valence electrons. The second-order valence-corrected chi connectivity index (χ2v) is 4.93. The summed E-state index contributed by atoms with van der Waals surface area (Å²) in [7, 11) is 1.67. The lowest BCUT2D eigenvalue weighted by atomic mass is 10.1. The lowest BCUT2D eigenvalue weighted by Crippen LogP contribution is -2.34. The summed E-state index contributed by atoms with van der Waals surface area (Å²) in [6.07, 6.45) is 2.87. The van der Waals surface area contributed by atoms with Crippen molar-refractivity contribution in [3.63, 3.8) is 0 Å². The van der Waals surface area contributed by atoms with Gasteiger partial charge in [-0.25, -0.2) is 0 Å². The van der Waals surface area contributed by atoms with Gasteiger partial charge in [-0.1, -0.05) is 6.92 Å². The lowest BCUT2D eigenvalue weighted by molar-refractivity contribution is -0.123. The van der Waals surface area contributed by atoms with Gasteiger partial charge in [0.15, 0.2) is 0 Å². The molecule has 1 fully saturated rings. The average Bonchev–Trinajstić information content (AvgIpc) is 2.38. The number of carbonyl (C=O) groups excluding carboxylic acids is 1. The van der Waals surface area contributed by atoms with Crippen LogP contribution in [-0.2, 0) is 14.3 Å². The molecule has 0 aromatic carbocycles. The largest absolute Gasteiger partial charge is 0.384 e. The smallest absolute Gasteiger partial charge is 0.222 e. The number of methoxy groups -OCH3 is 1. The minimum absolute atomic E-state index is 0.0619. The number of rotatable bonds is 8. The van der Waals surface area contributed by atoms with Gasteiger partial charge < -0.3 is 20.1 Å². The van der Waals surface area contributed by atoms with Crippen molar-refractivity contribution < 1.29 is 14.3 Å². The molecule has 18 heavy (non-hydrogen) atoms. The Bertz CT molecular complexity index is 230. The molecule has 0 spiro atoms. The van der Waals surface area contributed by atoms with Gasteiger partial charge in [0.25, 0.3) is 0 Å². The molecule has 1 heterocycles. The van der Waals surface area contributed by atoms with Crippen molar-refractivity contribution in [3.8, 4) is 0 Å². The SMILES string of the molecule is COCC(C)CNC(=O)CCOC1CCNCC1. The van der Waals surface area contributed by atoms with Crippen molar-refractivity contribution in [1.29, 1.82) is 0 Å². The molecule has 0 aliphatic carbocycles. The van der Waals surface area contributed by atoms with E-state index in [9.17, 15) is 4.79 Å². The minimum atomic E-state index is 0.0619. The van der Waals surface area contributed by atoms with Crippen LogP contribution in [0.4, 0.5) is 0 Å². The molecule has 0 aromatic rings. The van der Waals surface area contributed by atoms with Gasteiger partial charge in [0, 0.05) is 20.1 Å². The topological polar surface area (TPSA) is 59.6 Å². The molecule has 1 aliphatic heterocycles. The summed E-state index contributed by atoms with van der Waals surface area (Å²) < 4.78 is 10.7. The van der Waals surface area contributed by atoms with Crippen LogP contribution in [0.15, 0.2) is 0 Å². The summed E-state index contributed by atoms with van der Waals surface area (Å²) in [5, 5.41) is 6.18. The highest BCUT2D eigenvalue weighted by Gasteiger charge is 2.13. The maximum atomic E-state index is 11.5. The van der Waals surface area contributed by atoms with Crippen LogP contribution in [0, 0.1) is 5.92 Å². The standard InChI is InChI=1S/C13H26N2O3/c1-11(10-17-2)9-15-13(16)5-8-18-12-3-6-14-7-4-12/h11-12,14H,3-10H2,1-2H3,(H,15,16). The molecular weight excluding hydrogens is 232 g/mol. The average molecular weight is 258 g/mol. The molecule has 1 aliphatic rings. The number of ether oxygens (including phenoxy) is 2. The van der Waals surface area contributed by atoms with Crippen LogP contribution < -0.4 is 10.6 Å². The maximum absolute atomic E-state index is 11.5. The van der Waals surface area contributed by atoms with Gasteiger partial charge in [0.2, 0.25) is 5.91 Å². The van der Waals surface area contributed by atoms with E-state index in [0.717, 1.165) is 25.9 Å². The molecule has 1 atom stereocenters. The van der Waals surface area contributed by atoms with Crippen molar-refractivity contribution in [2.75, 3.05) is 40.0 Å². The fourth-order valence-corrected chi connectivity index (χ4v) is 2.00. The van der Waals surface area contributed by atoms with E-state index in [-0.39, 0.29) is 5.91 Å². The fourth-order valence-electron chi connectivity index (χ4n) is 2.00. The van der Waals surface area contributed by atoms with Crippen LogP contribution in [0.2, 0.25) is 0 Å². The van der Waals surface area contributed by atoms with Gasteiger partial charge in [0.1, 0.15) is 0 Å². The van der Waals surface area contributed by atoms with Crippen molar-refractivity contribution in [3.05, 3.63) is 0 Å². The van der Waals surface area contributed by atoms with Crippen molar-refractivity contribution in [2.24, 2.45) is 5.92 Å². The Balaban J connectivity index is 1.99. The molecule has 1 saturated heterocycles. The van der Waals surface area contributed by atoms with Crippen LogP contribution in [0.5, 0.6) is 0 Å². The third-order valence-corrected chi connectivity index (χ3v) is 3.07. The molecule has 1 unspecified atom stereocenters. The normalized spacial score (nSPS) is 18.6. The fraction of sp³-hybridized carbons (Fsp3) is 0.923. The number of piperidine rings is 1. The molecule has 5 nitrogen and oxygen atoms in total. The molecule has 0 radical (unpaired) electrons. The number of nitrogens with one attached hydrogen (secondary N) is 2. The van der Waals surface area contributed by atoms with E-state index in [1.165, 1.54) is 0 Å². The zero-order valence-electron chi connectivity index (χ0n) is 11.5. The number of hydrogen-bond donors (Lipinski definition) is 2. The first-order valence-corrected chi connectivity index (χ1v) is 6.80. The first kappa shape index (κ1) is 15.4. The third kappa shape index (κ3) is 6.93. The Morgan fingerprint density at radius 2 is 2.17 bits per heavy atom. The zero-order valence-corrected chi connectivity index (χ0v) is 11.5. The first-order chi connectivity index (χ1) is 8.72. The maximum Gasteiger partial charge on any atom is 0.222 e. The predicted molar refractivity (Wildman–Crippen MR) is 70.5 cm³/mol. The van der Waals surface area contributed by atoms with E-state index < -0.39 is 0 Å². The van der Waals surface area contributed by atoms with E-state index in [0.29, 0.717) is 38.2 Å². The van der Waals surface area contributed by atoms with E-state index in [2.05, 4.69) is 17.6 Å². The second-order valence-electron chi connectivity index (χ2n) is 4.93. The van der Waals surface area contributed by atoms with Gasteiger partial charge in [-0.15, -0.1) is 0 Å². The van der Waals surface area contributed by atoms with E-state index in [1.54, 1.807) is 7.11 Å². The van der Waals surface area contributed by atoms with Crippen molar-refractivity contribution in [1.82, 2.24) is 10.6 Å². The van der Waals surface area contributed by atoms with Gasteiger partial charge in [-0.2, -0.15) is 0 Å². The minimum Gasteiger partial charge on any atom is -0.384 e. The Kier molecular flexibility index (Phi) is 7.96. The second kappa shape index (κ2) is 9.30. The monoisotopic (exact) mass is 258 g/mol. The van der Waals surface area contributed by atoms with Crippen LogP contribution >= 0.6 is 0 Å². The van der Waals surface area contributed by atoms with Gasteiger partial charge in [-0.05, 0) is 31.8 Å². The first-order valence-electron chi connectivity index (χ1n) is 6.80. The van der Waals surface area contributed by atoms with Gasteiger partial charge >= 0.3 is 0 Å². The molecule has 0 aromatic heterocycles. The van der Waals surface area contributed by atoms with Gasteiger partial charge in [-0.3, -0.25) is 4.79 Å². The lowest BCUT2D eigenvalue weighted by Gasteiger charge is -2.22. The summed E-state index contributed by atoms with van der Waals surface area (Å²) in [5.74, 6) is 0.413. The highest BCUT2D eigenvalue weighted by atomic mass is 16.5. The van der Waals surface area contributed by atoms with Crippen molar-refractivity contribution in [2.45, 2.75) is 32.3 Å². The molecule has 0 bridgehead atoms. The number of hydrogen-bond acceptors (Lipinski definition) is 4. The summed E-state index contributed by atoms with van der Waals surface area (Å²) >= 11 is 0. The van der Waals surface area contributed by atoms with Crippen LogP contribution in [-0.4, -0.2) is 52.0 Å². The van der Waals surface area contributed by atoms with Crippen LogP contribution in [0.25, 0.3) is 0 Å². The van der Waals surface area contributed by atoms with Gasteiger partial charge in [0.05, 0.1) is 19.3 Å². The Morgan fingerprint density at radius 3 is 2.83 bits per heavy atom. The van der Waals surface area contributed by atoms with Crippen LogP contribution in [0.1, 0.15) is 26.2 Å². The summed E-state index contributed by atoms with van der Waals surface area (Å²) in [4.78, 5) is 11.5. The highest BCUT2D eigenvalue weighted by molar-refractivity contribution is 5.75. The molecular formula is C13H26N2O3. The summed E-state index contributed by atoms with van der Waals surface area (Å²) in [6, 6.07) is 0. The molecule has 1 rings (SSSR count). The number of carbonyl (C=O) groups is 1. The third-order valence-electron chi connectivity index (χ3n) is 3.07. The van der Waals surface area contributed by atoms with E-state index in [1.807, 2.05) is 0 Å². The number of amides is 1. The summed E-state index contributed by atoms with van der Waals surface area (Å²) in [5.41, 5.74) is 0. The summed E-state index contributed by atoms with van der Waals surface area (Å²) in [6.45, 7) is 5.95. The van der Waals surface area contributed by atoms with Crippen LogP contribution in [0.3, 0.4) is 0 Å². The predicted octanol–water partition coefficient (Wildman–Crippen LogP) is 0.544. The van der Waals surface area contributed by atoms with Crippen molar-refractivity contribution >= 4 is 5.91 Å². The molecule has 2 N–H and O–H groups in total. The van der Waals surface area contributed by atoms with E-state index in [4.69, 9.17) is 9.47 Å². The molecule has 5 heteroatoms. The quantitative estimate of drug-likeness (QED) is 0.667. The highest BCUT2D eigenvalue weighted by Crippen LogP contribution is 2.07. The Labute approximate surface area is 110 Å². The Morgan fingerprint density at radius 1 is 1.44 bits per heavy atom.